The fourth-order valence-electron chi connectivity index (χ4n) is 5.57. The van der Waals surface area contributed by atoms with Crippen molar-refractivity contribution in [3.05, 3.63) is 34.9 Å². The van der Waals surface area contributed by atoms with Gasteiger partial charge in [0.1, 0.15) is 0 Å². The van der Waals surface area contributed by atoms with Crippen molar-refractivity contribution in [1.82, 2.24) is 0 Å². The number of ether oxygens (including phenoxy) is 3. The molecular formula is C33H54O6. The second kappa shape index (κ2) is 18.1. The minimum Gasteiger partial charge on any atom is -0.462 e. The van der Waals surface area contributed by atoms with E-state index in [2.05, 4.69) is 62.3 Å². The highest BCUT2D eigenvalue weighted by Crippen LogP contribution is 2.24. The summed E-state index contributed by atoms with van der Waals surface area (Å²) < 4.78 is 16.9. The number of hydrogen-bond donors (Lipinski definition) is 0. The zero-order chi connectivity index (χ0) is 29.5. The number of esters is 3. The van der Waals surface area contributed by atoms with E-state index in [1.807, 2.05) is 0 Å². The highest BCUT2D eigenvalue weighted by Gasteiger charge is 2.25. The Morgan fingerprint density at radius 3 is 1.23 bits per heavy atom. The van der Waals surface area contributed by atoms with Crippen molar-refractivity contribution < 1.29 is 28.6 Å². The first-order valence-corrected chi connectivity index (χ1v) is 15.2. The SMILES string of the molecule is CCC(CC)C(C)COC(=O)c1ccc(C(=O)OCC(C)C(CC)CC)c(C(=O)OCC(C)C(CC)CC)c1. The molecule has 6 heteroatoms. The van der Waals surface area contributed by atoms with Crippen molar-refractivity contribution >= 4 is 17.9 Å². The predicted octanol–water partition coefficient (Wildman–Crippen LogP) is 8.37. The van der Waals surface area contributed by atoms with Crippen molar-refractivity contribution in [2.75, 3.05) is 19.8 Å². The van der Waals surface area contributed by atoms with E-state index in [1.165, 1.54) is 18.2 Å². The molecule has 0 N–H and O–H groups in total. The minimum atomic E-state index is -0.632. The molecule has 0 saturated carbocycles. The molecule has 0 saturated heterocycles. The van der Waals surface area contributed by atoms with Crippen LogP contribution in [-0.2, 0) is 14.2 Å². The largest absolute Gasteiger partial charge is 0.462 e. The summed E-state index contributed by atoms with van der Waals surface area (Å²) in [6.07, 6.45) is 6.05. The van der Waals surface area contributed by atoms with E-state index < -0.39 is 17.9 Å². The Kier molecular flexibility index (Phi) is 16.1. The van der Waals surface area contributed by atoms with Gasteiger partial charge in [0.05, 0.1) is 36.5 Å². The van der Waals surface area contributed by atoms with Crippen LogP contribution in [0.2, 0.25) is 0 Å². The maximum atomic E-state index is 13.2. The molecule has 39 heavy (non-hydrogen) atoms. The van der Waals surface area contributed by atoms with Crippen molar-refractivity contribution in [1.29, 1.82) is 0 Å². The van der Waals surface area contributed by atoms with Gasteiger partial charge >= 0.3 is 17.9 Å². The summed E-state index contributed by atoms with van der Waals surface area (Å²) in [5, 5.41) is 0. The van der Waals surface area contributed by atoms with Gasteiger partial charge in [-0.05, 0) is 53.7 Å². The molecule has 222 valence electrons. The van der Waals surface area contributed by atoms with Crippen LogP contribution in [0.1, 0.15) is 132 Å². The zero-order valence-electron chi connectivity index (χ0n) is 26.0. The van der Waals surface area contributed by atoms with Crippen LogP contribution in [0.5, 0.6) is 0 Å². The van der Waals surface area contributed by atoms with Crippen LogP contribution in [0.15, 0.2) is 18.2 Å². The second-order valence-electron chi connectivity index (χ2n) is 11.2. The molecule has 0 aromatic heterocycles. The quantitative estimate of drug-likeness (QED) is 0.136. The van der Waals surface area contributed by atoms with Crippen LogP contribution in [0.25, 0.3) is 0 Å². The van der Waals surface area contributed by atoms with Gasteiger partial charge in [-0.3, -0.25) is 0 Å². The maximum absolute atomic E-state index is 13.2. The van der Waals surface area contributed by atoms with E-state index in [4.69, 9.17) is 14.2 Å². The number of carbonyl (C=O) groups is 3. The summed E-state index contributed by atoms with van der Waals surface area (Å²) in [7, 11) is 0. The lowest BCUT2D eigenvalue weighted by molar-refractivity contribution is 0.0353. The fourth-order valence-corrected chi connectivity index (χ4v) is 5.57. The molecule has 0 aliphatic rings. The van der Waals surface area contributed by atoms with Crippen LogP contribution >= 0.6 is 0 Å². The molecule has 1 rings (SSSR count). The van der Waals surface area contributed by atoms with Gasteiger partial charge in [-0.2, -0.15) is 0 Å². The van der Waals surface area contributed by atoms with E-state index in [-0.39, 0.29) is 47.7 Å². The van der Waals surface area contributed by atoms with Gasteiger partial charge in [-0.25, -0.2) is 14.4 Å². The van der Waals surface area contributed by atoms with Gasteiger partial charge < -0.3 is 14.2 Å². The Morgan fingerprint density at radius 1 is 0.538 bits per heavy atom. The minimum absolute atomic E-state index is 0.0365. The van der Waals surface area contributed by atoms with Crippen molar-refractivity contribution in [2.45, 2.75) is 101 Å². The number of rotatable bonds is 18. The zero-order valence-corrected chi connectivity index (χ0v) is 26.0. The highest BCUT2D eigenvalue weighted by atomic mass is 16.5. The van der Waals surface area contributed by atoms with Gasteiger partial charge in [-0.1, -0.05) is 101 Å². The molecule has 3 unspecified atom stereocenters. The number of carbonyl (C=O) groups excluding carboxylic acids is 3. The smallest absolute Gasteiger partial charge is 0.339 e. The maximum Gasteiger partial charge on any atom is 0.339 e. The summed E-state index contributed by atoms with van der Waals surface area (Å²) in [4.78, 5) is 39.2. The third-order valence-electron chi connectivity index (χ3n) is 8.69. The molecule has 3 atom stereocenters. The van der Waals surface area contributed by atoms with Crippen LogP contribution in [0, 0.1) is 35.5 Å². The monoisotopic (exact) mass is 546 g/mol. The molecule has 0 radical (unpaired) electrons. The molecule has 1 aromatic carbocycles. The van der Waals surface area contributed by atoms with Crippen LogP contribution in [0.4, 0.5) is 0 Å². The Morgan fingerprint density at radius 2 is 0.872 bits per heavy atom. The van der Waals surface area contributed by atoms with Gasteiger partial charge in [-0.15, -0.1) is 0 Å². The second-order valence-corrected chi connectivity index (χ2v) is 11.2. The molecule has 0 spiro atoms. The highest BCUT2D eigenvalue weighted by molar-refractivity contribution is 6.05. The predicted molar refractivity (Wildman–Crippen MR) is 157 cm³/mol. The third kappa shape index (κ3) is 10.6. The molecule has 0 bridgehead atoms. The summed E-state index contributed by atoms with van der Waals surface area (Å²) in [6, 6.07) is 4.41. The first-order valence-electron chi connectivity index (χ1n) is 15.2. The summed E-state index contributed by atoms with van der Waals surface area (Å²) >= 11 is 0. The standard InChI is InChI=1S/C33H54O6/c1-10-25(11-2)22(7)19-37-31(34)28-16-17-29(32(35)38-20-23(8)26(12-3)13-4)30(18-28)33(36)39-21-24(9)27(14-5)15-6/h16-18,22-27H,10-15,19-21H2,1-9H3. The first-order chi connectivity index (χ1) is 18.6. The number of hydrogen-bond acceptors (Lipinski definition) is 6. The molecule has 0 amide bonds. The molecular weight excluding hydrogens is 492 g/mol. The molecule has 1 aromatic rings. The van der Waals surface area contributed by atoms with Gasteiger partial charge in [0.25, 0.3) is 0 Å². The van der Waals surface area contributed by atoms with Crippen molar-refractivity contribution in [3.8, 4) is 0 Å². The van der Waals surface area contributed by atoms with Crippen LogP contribution < -0.4 is 0 Å². The first kappa shape index (κ1) is 34.7. The summed E-state index contributed by atoms with van der Waals surface area (Å²) in [5.74, 6) is 0.232. The Labute approximate surface area is 237 Å². The lowest BCUT2D eigenvalue weighted by Gasteiger charge is -2.22. The van der Waals surface area contributed by atoms with E-state index in [0.29, 0.717) is 24.4 Å². The molecule has 6 nitrogen and oxygen atoms in total. The van der Waals surface area contributed by atoms with Gasteiger partial charge in [0.2, 0.25) is 0 Å². The van der Waals surface area contributed by atoms with E-state index in [0.717, 1.165) is 38.5 Å². The molecule has 0 heterocycles. The lowest BCUT2D eigenvalue weighted by atomic mass is 9.90. The fraction of sp³-hybridized carbons (Fsp3) is 0.727. The van der Waals surface area contributed by atoms with Gasteiger partial charge in [0, 0.05) is 0 Å². The summed E-state index contributed by atoms with van der Waals surface area (Å²) in [6.45, 7) is 19.8. The van der Waals surface area contributed by atoms with E-state index in [9.17, 15) is 14.4 Å². The third-order valence-corrected chi connectivity index (χ3v) is 8.69. The van der Waals surface area contributed by atoms with Crippen molar-refractivity contribution in [3.63, 3.8) is 0 Å². The van der Waals surface area contributed by atoms with E-state index >= 15 is 0 Å². The van der Waals surface area contributed by atoms with Crippen LogP contribution in [-0.4, -0.2) is 37.7 Å². The summed E-state index contributed by atoms with van der Waals surface area (Å²) in [5.41, 5.74) is 0.358. The average Bonchev–Trinajstić information content (AvgIpc) is 2.94. The lowest BCUT2D eigenvalue weighted by Crippen LogP contribution is -2.23. The Balaban J connectivity index is 3.16. The normalized spacial score (nSPS) is 13.8. The molecule has 0 aliphatic carbocycles. The molecule has 0 fully saturated rings. The Bertz CT molecular complexity index is 882. The topological polar surface area (TPSA) is 78.9 Å². The molecule has 0 aliphatic heterocycles. The average molecular weight is 547 g/mol. The number of benzene rings is 1. The van der Waals surface area contributed by atoms with E-state index in [1.54, 1.807) is 0 Å². The van der Waals surface area contributed by atoms with Crippen LogP contribution in [0.3, 0.4) is 0 Å². The van der Waals surface area contributed by atoms with Gasteiger partial charge in [0.15, 0.2) is 0 Å². The Hall–Kier alpha value is -2.37. The van der Waals surface area contributed by atoms with Crippen molar-refractivity contribution in [2.24, 2.45) is 35.5 Å².